The molecule has 1 aliphatic carbocycles. The second kappa shape index (κ2) is 4.25. The summed E-state index contributed by atoms with van der Waals surface area (Å²) in [5, 5.41) is 3.16. The minimum Gasteiger partial charge on any atom is -0.256 e. The molecular weight excluding hydrogens is 306 g/mol. The first-order chi connectivity index (χ1) is 11.4. The fourth-order valence-corrected chi connectivity index (χ4v) is 7.97. The van der Waals surface area contributed by atoms with E-state index in [0.29, 0.717) is 0 Å². The van der Waals surface area contributed by atoms with Crippen molar-refractivity contribution in [2.75, 3.05) is 0 Å². The largest absolute Gasteiger partial charge is 0.256 e. The zero-order valence-corrected chi connectivity index (χ0v) is 15.6. The van der Waals surface area contributed by atoms with Crippen LogP contribution < -0.4 is 10.4 Å². The molecule has 1 aromatic heterocycles. The summed E-state index contributed by atoms with van der Waals surface area (Å²) in [6.07, 6.45) is 1.92. The second-order valence-electron chi connectivity index (χ2n) is 8.11. The van der Waals surface area contributed by atoms with Gasteiger partial charge in [0.05, 0.1) is 5.69 Å². The van der Waals surface area contributed by atoms with E-state index in [1.807, 2.05) is 6.20 Å². The van der Waals surface area contributed by atoms with Gasteiger partial charge >= 0.3 is 0 Å². The Labute approximate surface area is 144 Å². The van der Waals surface area contributed by atoms with Crippen molar-refractivity contribution in [1.82, 2.24) is 4.98 Å². The van der Waals surface area contributed by atoms with Gasteiger partial charge in [0.25, 0.3) is 0 Å². The fraction of sp³-hybridized carbons (Fsp3) is 0.227. The molecule has 2 aliphatic rings. The van der Waals surface area contributed by atoms with Crippen molar-refractivity contribution >= 4 is 18.4 Å². The SMILES string of the molecule is CC1(C)c2cccnc2-c2ccc3c(c21)-c1ccccc1[Si]3(C)C. The molecule has 0 bridgehead atoms. The van der Waals surface area contributed by atoms with Crippen molar-refractivity contribution in [3.05, 3.63) is 65.9 Å². The number of pyridine rings is 1. The van der Waals surface area contributed by atoms with Crippen molar-refractivity contribution in [2.24, 2.45) is 0 Å². The van der Waals surface area contributed by atoms with E-state index in [0.717, 1.165) is 0 Å². The van der Waals surface area contributed by atoms with Crippen LogP contribution in [0.4, 0.5) is 0 Å². The average Bonchev–Trinajstić information content (AvgIpc) is 2.96. The van der Waals surface area contributed by atoms with Gasteiger partial charge in [-0.2, -0.15) is 0 Å². The second-order valence-corrected chi connectivity index (χ2v) is 12.4. The minimum atomic E-state index is -1.61. The van der Waals surface area contributed by atoms with Gasteiger partial charge in [-0.05, 0) is 38.7 Å². The van der Waals surface area contributed by atoms with Crippen LogP contribution in [0.1, 0.15) is 25.0 Å². The molecule has 2 aromatic carbocycles. The third-order valence-corrected chi connectivity index (χ3v) is 9.66. The number of hydrogen-bond donors (Lipinski definition) is 0. The Morgan fingerprint density at radius 1 is 0.833 bits per heavy atom. The van der Waals surface area contributed by atoms with Gasteiger partial charge in [0, 0.05) is 17.2 Å². The topological polar surface area (TPSA) is 12.9 Å². The molecule has 118 valence electrons. The first-order valence-corrected chi connectivity index (χ1v) is 11.7. The Bertz CT molecular complexity index is 1010. The molecule has 0 saturated carbocycles. The molecule has 0 atom stereocenters. The van der Waals surface area contributed by atoms with Gasteiger partial charge in [-0.1, -0.05) is 69.4 Å². The average molecular weight is 328 g/mol. The van der Waals surface area contributed by atoms with Gasteiger partial charge in [-0.15, -0.1) is 0 Å². The van der Waals surface area contributed by atoms with E-state index in [9.17, 15) is 0 Å². The zero-order valence-electron chi connectivity index (χ0n) is 14.6. The lowest BCUT2D eigenvalue weighted by molar-refractivity contribution is 0.661. The highest BCUT2D eigenvalue weighted by molar-refractivity contribution is 7.03. The molecule has 0 spiro atoms. The van der Waals surface area contributed by atoms with Gasteiger partial charge in [0.15, 0.2) is 0 Å². The smallest absolute Gasteiger partial charge is 0.113 e. The molecule has 0 amide bonds. The number of benzene rings is 2. The summed E-state index contributed by atoms with van der Waals surface area (Å²) in [4.78, 5) is 4.73. The van der Waals surface area contributed by atoms with E-state index in [-0.39, 0.29) is 5.41 Å². The normalized spacial score (nSPS) is 17.8. The first kappa shape index (κ1) is 14.2. The highest BCUT2D eigenvalue weighted by Gasteiger charge is 2.45. The third-order valence-electron chi connectivity index (χ3n) is 6.11. The van der Waals surface area contributed by atoms with Gasteiger partial charge < -0.3 is 0 Å². The molecule has 1 aliphatic heterocycles. The van der Waals surface area contributed by atoms with Crippen LogP contribution in [0, 0.1) is 0 Å². The molecule has 3 aromatic rings. The maximum atomic E-state index is 4.73. The summed E-state index contributed by atoms with van der Waals surface area (Å²) in [5.74, 6) is 0. The Hall–Kier alpha value is -2.19. The quantitative estimate of drug-likeness (QED) is 0.564. The van der Waals surface area contributed by atoms with Gasteiger partial charge in [-0.3, -0.25) is 4.98 Å². The summed E-state index contributed by atoms with van der Waals surface area (Å²) in [7, 11) is -1.61. The van der Waals surface area contributed by atoms with Crippen LogP contribution >= 0.6 is 0 Å². The summed E-state index contributed by atoms with van der Waals surface area (Å²) < 4.78 is 0. The van der Waals surface area contributed by atoms with Crippen molar-refractivity contribution in [1.29, 1.82) is 0 Å². The maximum Gasteiger partial charge on any atom is 0.113 e. The molecule has 0 unspecified atom stereocenters. The van der Waals surface area contributed by atoms with Crippen LogP contribution in [0.2, 0.25) is 13.1 Å². The molecule has 0 saturated heterocycles. The van der Waals surface area contributed by atoms with Crippen molar-refractivity contribution in [3.8, 4) is 22.4 Å². The summed E-state index contributed by atoms with van der Waals surface area (Å²) in [6, 6.07) is 18.1. The van der Waals surface area contributed by atoms with Crippen LogP contribution in [0.3, 0.4) is 0 Å². The highest BCUT2D eigenvalue weighted by atomic mass is 28.3. The monoisotopic (exact) mass is 327 g/mol. The predicted molar refractivity (Wildman–Crippen MR) is 104 cm³/mol. The van der Waals surface area contributed by atoms with Crippen LogP contribution in [0.5, 0.6) is 0 Å². The molecule has 2 heteroatoms. The number of hydrogen-bond acceptors (Lipinski definition) is 1. The summed E-state index contributed by atoms with van der Waals surface area (Å²) in [6.45, 7) is 9.68. The standard InChI is InChI=1S/C22H21NSi/c1-22(2)16-9-7-13-23-21(16)15-11-12-18-19(20(15)22)14-8-5-6-10-17(14)24(18,3)4/h5-13H,1-4H3. The van der Waals surface area contributed by atoms with Crippen molar-refractivity contribution in [3.63, 3.8) is 0 Å². The Kier molecular flexibility index (Phi) is 2.51. The van der Waals surface area contributed by atoms with Gasteiger partial charge in [0.2, 0.25) is 0 Å². The van der Waals surface area contributed by atoms with E-state index in [1.54, 1.807) is 10.4 Å². The Balaban J connectivity index is 1.95. The van der Waals surface area contributed by atoms with Gasteiger partial charge in [-0.25, -0.2) is 0 Å². The fourth-order valence-electron chi connectivity index (χ4n) is 4.90. The molecule has 0 radical (unpaired) electrons. The number of nitrogens with zero attached hydrogens (tertiary/aromatic N) is 1. The van der Waals surface area contributed by atoms with Crippen LogP contribution in [-0.4, -0.2) is 13.1 Å². The van der Waals surface area contributed by atoms with E-state index in [2.05, 4.69) is 75.5 Å². The molecular formula is C22H21NSi. The molecule has 0 fully saturated rings. The minimum absolute atomic E-state index is 0.00615. The van der Waals surface area contributed by atoms with Crippen molar-refractivity contribution < 1.29 is 0 Å². The molecule has 1 nitrogen and oxygen atoms in total. The summed E-state index contributed by atoms with van der Waals surface area (Å²) >= 11 is 0. The third kappa shape index (κ3) is 1.48. The van der Waals surface area contributed by atoms with E-state index in [4.69, 9.17) is 4.98 Å². The molecule has 0 N–H and O–H groups in total. The predicted octanol–water partition coefficient (Wildman–Crippen LogP) is 4.19. The van der Waals surface area contributed by atoms with Crippen LogP contribution in [0.15, 0.2) is 54.7 Å². The maximum absolute atomic E-state index is 4.73. The highest BCUT2D eigenvalue weighted by Crippen LogP contribution is 2.51. The van der Waals surface area contributed by atoms with Crippen molar-refractivity contribution in [2.45, 2.75) is 32.4 Å². The summed E-state index contributed by atoms with van der Waals surface area (Å²) in [5.41, 5.74) is 8.31. The molecule has 5 rings (SSSR count). The van der Waals surface area contributed by atoms with Crippen LogP contribution in [-0.2, 0) is 5.41 Å². The molecule has 2 heterocycles. The number of rotatable bonds is 0. The first-order valence-electron chi connectivity index (χ1n) is 8.68. The lowest BCUT2D eigenvalue weighted by Gasteiger charge is -2.25. The van der Waals surface area contributed by atoms with E-state index in [1.165, 1.54) is 33.5 Å². The number of aromatic nitrogens is 1. The molecule has 24 heavy (non-hydrogen) atoms. The van der Waals surface area contributed by atoms with Gasteiger partial charge in [0.1, 0.15) is 8.07 Å². The van der Waals surface area contributed by atoms with E-state index >= 15 is 0 Å². The zero-order chi connectivity index (χ0) is 16.7. The Morgan fingerprint density at radius 2 is 1.62 bits per heavy atom. The Morgan fingerprint density at radius 3 is 2.46 bits per heavy atom. The number of fused-ring (bicyclic) bond motifs is 7. The van der Waals surface area contributed by atoms with E-state index < -0.39 is 8.07 Å². The lowest BCUT2D eigenvalue weighted by Crippen LogP contribution is -2.49. The lowest BCUT2D eigenvalue weighted by atomic mass is 9.79. The van der Waals surface area contributed by atoms with Crippen LogP contribution in [0.25, 0.3) is 22.4 Å².